The van der Waals surface area contributed by atoms with E-state index >= 15 is 0 Å². The molecule has 0 unspecified atom stereocenters. The van der Waals surface area contributed by atoms with Gasteiger partial charge in [0.15, 0.2) is 5.13 Å². The molecule has 1 aliphatic carbocycles. The van der Waals surface area contributed by atoms with Crippen molar-refractivity contribution in [1.29, 1.82) is 0 Å². The van der Waals surface area contributed by atoms with E-state index in [-0.39, 0.29) is 17.9 Å². The number of thiophene rings is 1. The molecule has 0 radical (unpaired) electrons. The van der Waals surface area contributed by atoms with Gasteiger partial charge in [0, 0.05) is 23.4 Å². The van der Waals surface area contributed by atoms with Crippen molar-refractivity contribution in [3.63, 3.8) is 0 Å². The van der Waals surface area contributed by atoms with Crippen LogP contribution in [0.4, 0.5) is 5.13 Å². The van der Waals surface area contributed by atoms with E-state index in [1.54, 1.807) is 11.3 Å². The van der Waals surface area contributed by atoms with Crippen LogP contribution in [-0.2, 0) is 24.1 Å². The monoisotopic (exact) mass is 411 g/mol. The zero-order valence-corrected chi connectivity index (χ0v) is 16.8. The van der Waals surface area contributed by atoms with Crippen molar-refractivity contribution >= 4 is 54.3 Å². The van der Waals surface area contributed by atoms with Crippen LogP contribution in [0, 0.1) is 6.92 Å². The molecule has 0 spiro atoms. The van der Waals surface area contributed by atoms with Gasteiger partial charge < -0.3 is 10.3 Å². The van der Waals surface area contributed by atoms with Gasteiger partial charge >= 0.3 is 0 Å². The van der Waals surface area contributed by atoms with Gasteiger partial charge in [-0.2, -0.15) is 0 Å². The summed E-state index contributed by atoms with van der Waals surface area (Å²) in [5.74, 6) is 0.390. The van der Waals surface area contributed by atoms with Gasteiger partial charge in [-0.15, -0.1) is 11.3 Å². The molecule has 5 rings (SSSR count). The highest BCUT2D eigenvalue weighted by Crippen LogP contribution is 2.34. The Morgan fingerprint density at radius 3 is 2.96 bits per heavy atom. The summed E-state index contributed by atoms with van der Waals surface area (Å²) < 4.78 is 0. The maximum Gasteiger partial charge on any atom is 0.259 e. The third kappa shape index (κ3) is 3.10. The number of aromatic amines is 1. The van der Waals surface area contributed by atoms with Gasteiger partial charge in [0.25, 0.3) is 5.56 Å². The first-order valence-corrected chi connectivity index (χ1v) is 10.8. The number of pyridine rings is 1. The molecule has 0 saturated carbocycles. The quantitative estimate of drug-likeness (QED) is 0.536. The minimum atomic E-state index is -0.160. The van der Waals surface area contributed by atoms with Gasteiger partial charge in [0.1, 0.15) is 21.0 Å². The Hall–Kier alpha value is -2.65. The summed E-state index contributed by atoms with van der Waals surface area (Å²) in [5.41, 5.74) is 2.76. The van der Waals surface area contributed by atoms with Crippen LogP contribution in [0.25, 0.3) is 20.6 Å². The van der Waals surface area contributed by atoms with Gasteiger partial charge in [0.2, 0.25) is 5.91 Å². The van der Waals surface area contributed by atoms with Crippen LogP contribution in [0.3, 0.4) is 0 Å². The van der Waals surface area contributed by atoms with Crippen LogP contribution in [-0.4, -0.2) is 25.8 Å². The van der Waals surface area contributed by atoms with Crippen LogP contribution in [0.1, 0.15) is 34.8 Å². The predicted octanol–water partition coefficient (Wildman–Crippen LogP) is 3.36. The number of carbonyl (C=O) groups excluding carboxylic acids is 1. The number of carbonyl (C=O) groups is 1. The second-order valence-corrected chi connectivity index (χ2v) is 8.96. The summed E-state index contributed by atoms with van der Waals surface area (Å²) in [7, 11) is 0. The SMILES string of the molecule is Cc1ccc2nc(NC(=O)CCc3nc4sc5c(c4c(=O)[nH]3)CCC5)sc2n1. The van der Waals surface area contributed by atoms with E-state index in [0.29, 0.717) is 17.4 Å². The topological polar surface area (TPSA) is 101 Å². The molecule has 2 N–H and O–H groups in total. The van der Waals surface area contributed by atoms with E-state index in [9.17, 15) is 9.59 Å². The Labute approximate surface area is 167 Å². The molecule has 1 amide bonds. The van der Waals surface area contributed by atoms with Crippen molar-refractivity contribution in [2.75, 3.05) is 5.32 Å². The fraction of sp³-hybridized carbons (Fsp3) is 0.316. The lowest BCUT2D eigenvalue weighted by atomic mass is 10.2. The van der Waals surface area contributed by atoms with E-state index in [1.807, 2.05) is 19.1 Å². The van der Waals surface area contributed by atoms with Crippen LogP contribution < -0.4 is 10.9 Å². The molecular weight excluding hydrogens is 394 g/mol. The lowest BCUT2D eigenvalue weighted by Crippen LogP contribution is -2.16. The lowest BCUT2D eigenvalue weighted by Gasteiger charge is -2.02. The smallest absolute Gasteiger partial charge is 0.259 e. The minimum absolute atomic E-state index is 0.0903. The Morgan fingerprint density at radius 2 is 2.07 bits per heavy atom. The van der Waals surface area contributed by atoms with Crippen molar-refractivity contribution in [2.45, 2.75) is 39.0 Å². The fourth-order valence-electron chi connectivity index (χ4n) is 3.54. The van der Waals surface area contributed by atoms with Crippen LogP contribution in [0.15, 0.2) is 16.9 Å². The summed E-state index contributed by atoms with van der Waals surface area (Å²) in [5, 5.41) is 4.09. The van der Waals surface area contributed by atoms with Gasteiger partial charge in [-0.3, -0.25) is 9.59 Å². The second kappa shape index (κ2) is 6.75. The summed E-state index contributed by atoms with van der Waals surface area (Å²) in [6.07, 6.45) is 3.70. The fourth-order valence-corrected chi connectivity index (χ4v) is 5.72. The molecule has 4 aromatic heterocycles. The summed E-state index contributed by atoms with van der Waals surface area (Å²) in [4.78, 5) is 43.9. The largest absolute Gasteiger partial charge is 0.310 e. The van der Waals surface area contributed by atoms with Crippen molar-refractivity contribution in [3.8, 4) is 0 Å². The van der Waals surface area contributed by atoms with Crippen LogP contribution in [0.5, 0.6) is 0 Å². The molecule has 7 nitrogen and oxygen atoms in total. The van der Waals surface area contributed by atoms with Crippen molar-refractivity contribution in [2.24, 2.45) is 0 Å². The first-order valence-electron chi connectivity index (χ1n) is 9.14. The molecule has 1 aliphatic rings. The molecule has 0 atom stereocenters. The predicted molar refractivity (Wildman–Crippen MR) is 111 cm³/mol. The van der Waals surface area contributed by atoms with E-state index in [0.717, 1.165) is 51.1 Å². The second-order valence-electron chi connectivity index (χ2n) is 6.89. The number of thiazole rings is 1. The van der Waals surface area contributed by atoms with Gasteiger partial charge in [-0.05, 0) is 43.9 Å². The van der Waals surface area contributed by atoms with E-state index in [4.69, 9.17) is 0 Å². The number of amides is 1. The Balaban J connectivity index is 1.30. The average Bonchev–Trinajstić information content (AvgIpc) is 3.33. The van der Waals surface area contributed by atoms with E-state index < -0.39 is 0 Å². The first-order chi connectivity index (χ1) is 13.6. The number of hydrogen-bond donors (Lipinski definition) is 2. The van der Waals surface area contributed by atoms with Gasteiger partial charge in [-0.1, -0.05) is 11.3 Å². The molecular formula is C19H17N5O2S2. The molecule has 0 aliphatic heterocycles. The molecule has 0 bridgehead atoms. The molecule has 0 aromatic carbocycles. The molecule has 0 saturated heterocycles. The third-order valence-corrected chi connectivity index (χ3v) is 6.92. The highest BCUT2D eigenvalue weighted by Gasteiger charge is 2.21. The number of hydrogen-bond acceptors (Lipinski definition) is 7. The Morgan fingerprint density at radius 1 is 1.18 bits per heavy atom. The highest BCUT2D eigenvalue weighted by atomic mass is 32.1. The van der Waals surface area contributed by atoms with Crippen molar-refractivity contribution in [3.05, 3.63) is 44.4 Å². The Bertz CT molecular complexity index is 1290. The van der Waals surface area contributed by atoms with Crippen LogP contribution >= 0.6 is 22.7 Å². The number of nitrogens with one attached hydrogen (secondary N) is 2. The molecule has 0 fully saturated rings. The molecule has 28 heavy (non-hydrogen) atoms. The maximum absolute atomic E-state index is 12.5. The number of H-pyrrole nitrogens is 1. The van der Waals surface area contributed by atoms with Crippen molar-refractivity contribution < 1.29 is 4.79 Å². The molecule has 9 heteroatoms. The molecule has 4 aromatic rings. The van der Waals surface area contributed by atoms with E-state index in [2.05, 4.69) is 25.3 Å². The number of fused-ring (bicyclic) bond motifs is 4. The standard InChI is InChI=1S/C19H17N5O2S2/c1-9-5-6-11-17(20-9)28-19(21-11)24-14(25)8-7-13-22-16(26)15-10-3-2-4-12(10)27-18(15)23-13/h5-6H,2-4,7-8H2,1H3,(H,21,24,25)(H,22,23,26). The number of aryl methyl sites for hydroxylation is 4. The minimum Gasteiger partial charge on any atom is -0.310 e. The highest BCUT2D eigenvalue weighted by molar-refractivity contribution is 7.22. The van der Waals surface area contributed by atoms with Gasteiger partial charge in [-0.25, -0.2) is 15.0 Å². The summed E-state index contributed by atoms with van der Waals surface area (Å²) in [6.45, 7) is 1.92. The number of rotatable bonds is 4. The van der Waals surface area contributed by atoms with Crippen molar-refractivity contribution in [1.82, 2.24) is 19.9 Å². The summed E-state index contributed by atoms with van der Waals surface area (Å²) in [6, 6.07) is 3.79. The molecule has 142 valence electrons. The summed E-state index contributed by atoms with van der Waals surface area (Å²) >= 11 is 2.96. The number of anilines is 1. The molecule has 4 heterocycles. The number of aromatic nitrogens is 4. The Kier molecular flexibility index (Phi) is 4.21. The average molecular weight is 412 g/mol. The van der Waals surface area contributed by atoms with E-state index in [1.165, 1.54) is 16.2 Å². The van der Waals surface area contributed by atoms with Gasteiger partial charge in [0.05, 0.1) is 5.39 Å². The first kappa shape index (κ1) is 17.4. The maximum atomic E-state index is 12.5. The third-order valence-electron chi connectivity index (χ3n) is 4.85. The lowest BCUT2D eigenvalue weighted by molar-refractivity contribution is -0.116. The number of nitrogens with zero attached hydrogens (tertiary/aromatic N) is 3. The normalized spacial score (nSPS) is 13.3. The zero-order chi connectivity index (χ0) is 19.3. The zero-order valence-electron chi connectivity index (χ0n) is 15.2. The van der Waals surface area contributed by atoms with Crippen LogP contribution in [0.2, 0.25) is 0 Å².